The molecule has 4 nitrogen and oxygen atoms in total. The third kappa shape index (κ3) is 5.40. The van der Waals surface area contributed by atoms with Crippen molar-refractivity contribution in [2.75, 3.05) is 39.3 Å². The molecule has 0 unspecified atom stereocenters. The van der Waals surface area contributed by atoms with Crippen molar-refractivity contribution in [3.05, 3.63) is 34.9 Å². The lowest BCUT2D eigenvalue weighted by atomic mass is 10.1. The minimum absolute atomic E-state index is 0.105. The molecule has 1 aromatic carbocycles. The number of benzene rings is 1. The second-order valence-corrected chi connectivity index (χ2v) is 6.73. The van der Waals surface area contributed by atoms with Gasteiger partial charge in [-0.2, -0.15) is 0 Å². The molecule has 1 N–H and O–H groups in total. The number of nitrogens with zero attached hydrogens (tertiary/aromatic N) is 2. The van der Waals surface area contributed by atoms with Crippen LogP contribution in [-0.2, 0) is 0 Å². The number of ketones is 1. The van der Waals surface area contributed by atoms with Gasteiger partial charge in [-0.1, -0.05) is 23.7 Å². The van der Waals surface area contributed by atoms with Crippen LogP contribution in [-0.4, -0.2) is 65.6 Å². The van der Waals surface area contributed by atoms with Crippen LogP contribution in [0, 0.1) is 0 Å². The van der Waals surface area contributed by atoms with E-state index in [1.165, 1.54) is 0 Å². The molecule has 0 aliphatic carbocycles. The highest BCUT2D eigenvalue weighted by molar-refractivity contribution is 6.31. The number of hydrogen-bond acceptors (Lipinski definition) is 4. The van der Waals surface area contributed by atoms with E-state index in [2.05, 4.69) is 9.80 Å². The highest BCUT2D eigenvalue weighted by Crippen LogP contribution is 2.13. The third-order valence-electron chi connectivity index (χ3n) is 3.59. The molecule has 1 aliphatic heterocycles. The fourth-order valence-electron chi connectivity index (χ4n) is 2.61. The van der Waals surface area contributed by atoms with Crippen LogP contribution in [0.4, 0.5) is 0 Å². The van der Waals surface area contributed by atoms with Gasteiger partial charge in [-0.05, 0) is 26.0 Å². The lowest BCUT2D eigenvalue weighted by Crippen LogP contribution is -2.51. The summed E-state index contributed by atoms with van der Waals surface area (Å²) in [6, 6.07) is 7.09. The number of piperazine rings is 1. The van der Waals surface area contributed by atoms with Crippen molar-refractivity contribution in [2.24, 2.45) is 0 Å². The van der Waals surface area contributed by atoms with Gasteiger partial charge in [0.05, 0.1) is 12.1 Å². The molecule has 0 radical (unpaired) electrons. The Morgan fingerprint density at radius 3 is 2.43 bits per heavy atom. The summed E-state index contributed by atoms with van der Waals surface area (Å²) >= 11 is 5.92. The fourth-order valence-corrected chi connectivity index (χ4v) is 2.80. The quantitative estimate of drug-likeness (QED) is 0.844. The Morgan fingerprint density at radius 2 is 1.86 bits per heavy atom. The minimum atomic E-state index is -0.668. The number of carbonyl (C=O) groups is 1. The molecule has 21 heavy (non-hydrogen) atoms. The molecule has 1 saturated heterocycles. The highest BCUT2D eigenvalue weighted by Gasteiger charge is 2.23. The highest BCUT2D eigenvalue weighted by atomic mass is 35.5. The standard InChI is InChI=1S/C16H23ClN2O2/c1-16(2,21)12-19-8-6-18(7-9-19)11-15(20)13-4-3-5-14(17)10-13/h3-5,10,21H,6-9,11-12H2,1-2H3. The Bertz CT molecular complexity index is 491. The summed E-state index contributed by atoms with van der Waals surface area (Å²) in [7, 11) is 0. The van der Waals surface area contributed by atoms with Crippen molar-refractivity contribution in [1.29, 1.82) is 0 Å². The van der Waals surface area contributed by atoms with Gasteiger partial charge in [0, 0.05) is 43.3 Å². The summed E-state index contributed by atoms with van der Waals surface area (Å²) in [5, 5.41) is 10.4. The van der Waals surface area contributed by atoms with Crippen LogP contribution in [0.2, 0.25) is 5.02 Å². The molecule has 0 atom stereocenters. The Hall–Kier alpha value is -0.940. The fraction of sp³-hybridized carbons (Fsp3) is 0.562. The summed E-state index contributed by atoms with van der Waals surface area (Å²) < 4.78 is 0. The van der Waals surface area contributed by atoms with Gasteiger partial charge in [0.1, 0.15) is 0 Å². The molecule has 116 valence electrons. The zero-order valence-electron chi connectivity index (χ0n) is 12.7. The molecule has 0 amide bonds. The van der Waals surface area contributed by atoms with Crippen molar-refractivity contribution >= 4 is 17.4 Å². The van der Waals surface area contributed by atoms with Gasteiger partial charge in [-0.25, -0.2) is 0 Å². The first-order chi connectivity index (χ1) is 9.83. The molecule has 1 heterocycles. The number of halogens is 1. The summed E-state index contributed by atoms with van der Waals surface area (Å²) in [4.78, 5) is 16.6. The van der Waals surface area contributed by atoms with E-state index in [1.807, 2.05) is 13.8 Å². The van der Waals surface area contributed by atoms with Gasteiger partial charge in [0.2, 0.25) is 0 Å². The number of hydrogen-bond donors (Lipinski definition) is 1. The molecular weight excluding hydrogens is 288 g/mol. The predicted octanol–water partition coefficient (Wildman–Crippen LogP) is 1.91. The second kappa shape index (κ2) is 6.88. The van der Waals surface area contributed by atoms with Crippen molar-refractivity contribution in [3.8, 4) is 0 Å². The largest absolute Gasteiger partial charge is 0.389 e. The monoisotopic (exact) mass is 310 g/mol. The van der Waals surface area contributed by atoms with E-state index in [0.29, 0.717) is 23.7 Å². The summed E-state index contributed by atoms with van der Waals surface area (Å²) in [5.74, 6) is 0.105. The molecular formula is C16H23ClN2O2. The van der Waals surface area contributed by atoms with Gasteiger partial charge in [-0.15, -0.1) is 0 Å². The number of rotatable bonds is 5. The van der Waals surface area contributed by atoms with E-state index in [0.717, 1.165) is 26.2 Å². The average molecular weight is 311 g/mol. The zero-order chi connectivity index (χ0) is 15.5. The first-order valence-corrected chi connectivity index (χ1v) is 7.67. The number of Topliss-reactive ketones (excluding diaryl/α,β-unsaturated/α-hetero) is 1. The predicted molar refractivity (Wildman–Crippen MR) is 85.0 cm³/mol. The average Bonchev–Trinajstić information content (AvgIpc) is 2.39. The van der Waals surface area contributed by atoms with Gasteiger partial charge < -0.3 is 5.11 Å². The zero-order valence-corrected chi connectivity index (χ0v) is 13.4. The summed E-state index contributed by atoms with van der Waals surface area (Å²) in [6.45, 7) is 8.20. The normalized spacial score (nSPS) is 17.9. The summed E-state index contributed by atoms with van der Waals surface area (Å²) in [6.07, 6.45) is 0. The molecule has 0 saturated carbocycles. The van der Waals surface area contributed by atoms with Crippen molar-refractivity contribution < 1.29 is 9.90 Å². The van der Waals surface area contributed by atoms with Crippen LogP contribution in [0.15, 0.2) is 24.3 Å². The van der Waals surface area contributed by atoms with Crippen LogP contribution >= 0.6 is 11.6 Å². The summed E-state index contributed by atoms with van der Waals surface area (Å²) in [5.41, 5.74) is 0.000103. The maximum atomic E-state index is 12.2. The van der Waals surface area contributed by atoms with Gasteiger partial charge in [0.15, 0.2) is 5.78 Å². The third-order valence-corrected chi connectivity index (χ3v) is 3.82. The Balaban J connectivity index is 1.82. The molecule has 0 aromatic heterocycles. The number of aliphatic hydroxyl groups is 1. The Kier molecular flexibility index (Phi) is 5.38. The van der Waals surface area contributed by atoms with Crippen LogP contribution in [0.3, 0.4) is 0 Å². The molecule has 1 aromatic rings. The molecule has 2 rings (SSSR count). The van der Waals surface area contributed by atoms with E-state index >= 15 is 0 Å². The lowest BCUT2D eigenvalue weighted by Gasteiger charge is -2.37. The maximum Gasteiger partial charge on any atom is 0.176 e. The molecule has 1 aliphatic rings. The molecule has 5 heteroatoms. The smallest absolute Gasteiger partial charge is 0.176 e. The van der Waals surface area contributed by atoms with Crippen molar-refractivity contribution in [3.63, 3.8) is 0 Å². The lowest BCUT2D eigenvalue weighted by molar-refractivity contribution is 0.0179. The van der Waals surface area contributed by atoms with Crippen LogP contribution in [0.5, 0.6) is 0 Å². The van der Waals surface area contributed by atoms with E-state index in [9.17, 15) is 9.90 Å². The minimum Gasteiger partial charge on any atom is -0.389 e. The Morgan fingerprint density at radius 1 is 1.24 bits per heavy atom. The number of β-amino-alcohol motifs (C(OH)–C–C–N with tert-alkyl or cyclic N) is 1. The first-order valence-electron chi connectivity index (χ1n) is 7.29. The van der Waals surface area contributed by atoms with E-state index in [-0.39, 0.29) is 5.78 Å². The van der Waals surface area contributed by atoms with E-state index in [4.69, 9.17) is 11.6 Å². The topological polar surface area (TPSA) is 43.8 Å². The first kappa shape index (κ1) is 16.4. The molecule has 0 bridgehead atoms. The van der Waals surface area contributed by atoms with E-state index in [1.54, 1.807) is 24.3 Å². The molecule has 0 spiro atoms. The van der Waals surface area contributed by atoms with E-state index < -0.39 is 5.60 Å². The maximum absolute atomic E-state index is 12.2. The van der Waals surface area contributed by atoms with Crippen LogP contribution in [0.25, 0.3) is 0 Å². The number of carbonyl (C=O) groups excluding carboxylic acids is 1. The Labute approximate surface area is 131 Å². The second-order valence-electron chi connectivity index (χ2n) is 6.30. The SMILES string of the molecule is CC(C)(O)CN1CCN(CC(=O)c2cccc(Cl)c2)CC1. The van der Waals surface area contributed by atoms with Crippen LogP contribution in [0.1, 0.15) is 24.2 Å². The van der Waals surface area contributed by atoms with Gasteiger partial charge in [-0.3, -0.25) is 14.6 Å². The molecule has 1 fully saturated rings. The van der Waals surface area contributed by atoms with Crippen LogP contribution < -0.4 is 0 Å². The van der Waals surface area contributed by atoms with Crippen molar-refractivity contribution in [2.45, 2.75) is 19.4 Å². The van der Waals surface area contributed by atoms with Gasteiger partial charge >= 0.3 is 0 Å². The van der Waals surface area contributed by atoms with Crippen molar-refractivity contribution in [1.82, 2.24) is 9.80 Å². The van der Waals surface area contributed by atoms with Gasteiger partial charge in [0.25, 0.3) is 0 Å².